The maximum absolute atomic E-state index is 13.8. The predicted molar refractivity (Wildman–Crippen MR) is 50.1 cm³/mol. The van der Waals surface area contributed by atoms with Gasteiger partial charge in [0.2, 0.25) is 0 Å². The van der Waals surface area contributed by atoms with E-state index >= 15 is 0 Å². The minimum absolute atomic E-state index is 8.52. The van der Waals surface area contributed by atoms with Crippen LogP contribution in [-0.4, -0.2) is 54.5 Å². The summed E-state index contributed by atoms with van der Waals surface area (Å²) in [5, 5.41) is -8.92. The van der Waals surface area contributed by atoms with Gasteiger partial charge in [0.05, 0.1) is 0 Å². The van der Waals surface area contributed by atoms with E-state index in [1.165, 1.54) is 0 Å². The van der Waals surface area contributed by atoms with Gasteiger partial charge in [-0.25, -0.2) is 12.8 Å². The fourth-order valence-electron chi connectivity index (χ4n) is 2.12. The number of alkyl halides is 17. The van der Waals surface area contributed by atoms with Gasteiger partial charge in [0, 0.05) is 0 Å². The molecule has 1 atom stereocenters. The van der Waals surface area contributed by atoms with Gasteiger partial charge in [-0.05, 0) is 0 Å². The van der Waals surface area contributed by atoms with Gasteiger partial charge in [0.25, 0.3) is 5.41 Å². The van der Waals surface area contributed by atoms with Gasteiger partial charge in [-0.2, -0.15) is 70.2 Å². The van der Waals surface area contributed by atoms with Gasteiger partial charge in [-0.15, -0.1) is 0 Å². The number of hydrogen-bond donors (Lipinski definition) is 0. The maximum Gasteiger partial charge on any atom is 0.454 e. The zero-order valence-electron chi connectivity index (χ0n) is 12.1. The Bertz CT molecular complexity index is 708. The average Bonchev–Trinajstić information content (AvgIpc) is 2.30. The summed E-state index contributed by atoms with van der Waals surface area (Å²) in [7, 11) is -8.91. The van der Waals surface area contributed by atoms with Crippen LogP contribution in [0, 0.1) is 5.41 Å². The monoisotopic (exact) mass is 499 g/mol. The van der Waals surface area contributed by atoms with Crippen LogP contribution in [0.1, 0.15) is 0 Å². The molecule has 0 saturated carbocycles. The first kappa shape index (κ1) is 27.7. The zero-order valence-corrected chi connectivity index (χ0v) is 12.9. The SMILES string of the molecule is O=S(=O)([O-])C(F)(F)C(C(F)(F)F)(C(F)(F)C(F)(F)F)C(F)(C(F)(F)F)C(F)(F)F. The fourth-order valence-corrected chi connectivity index (χ4v) is 2.88. The fraction of sp³-hybridized carbons (Fsp3) is 1.00. The summed E-state index contributed by atoms with van der Waals surface area (Å²) >= 11 is 0. The zero-order chi connectivity index (χ0) is 24.5. The Labute approximate surface area is 146 Å². The second-order valence-electron chi connectivity index (χ2n) is 4.94. The van der Waals surface area contributed by atoms with Gasteiger partial charge in [0.15, 0.2) is 10.1 Å². The molecule has 29 heavy (non-hydrogen) atoms. The molecule has 0 bridgehead atoms. The van der Waals surface area contributed by atoms with E-state index in [0.717, 1.165) is 0 Å². The van der Waals surface area contributed by atoms with E-state index in [2.05, 4.69) is 0 Å². The molecule has 0 radical (unpaired) electrons. The first-order valence-electron chi connectivity index (χ1n) is 5.67. The van der Waals surface area contributed by atoms with Crippen molar-refractivity contribution < 1.29 is 87.6 Å². The lowest BCUT2D eigenvalue weighted by Gasteiger charge is -2.53. The van der Waals surface area contributed by atoms with Crippen LogP contribution in [0.4, 0.5) is 74.6 Å². The van der Waals surface area contributed by atoms with E-state index in [1.807, 2.05) is 0 Å². The Balaban J connectivity index is 8.48. The van der Waals surface area contributed by atoms with Crippen LogP contribution in [0.25, 0.3) is 0 Å². The Hall–Kier alpha value is -1.28. The van der Waals surface area contributed by atoms with Gasteiger partial charge < -0.3 is 4.55 Å². The Morgan fingerprint density at radius 3 is 0.897 bits per heavy atom. The van der Waals surface area contributed by atoms with Gasteiger partial charge >= 0.3 is 41.6 Å². The van der Waals surface area contributed by atoms with Gasteiger partial charge in [-0.1, -0.05) is 0 Å². The Kier molecular flexibility index (Phi) is 6.08. The van der Waals surface area contributed by atoms with Crippen LogP contribution in [0.3, 0.4) is 0 Å². The van der Waals surface area contributed by atoms with Crippen molar-refractivity contribution in [1.29, 1.82) is 0 Å². The summed E-state index contributed by atoms with van der Waals surface area (Å²) in [6, 6.07) is 0. The minimum atomic E-state index is -9.59. The van der Waals surface area contributed by atoms with Crippen molar-refractivity contribution in [3.05, 3.63) is 0 Å². The van der Waals surface area contributed by atoms with Crippen molar-refractivity contribution >= 4 is 10.1 Å². The van der Waals surface area contributed by atoms with E-state index < -0.39 is 57.1 Å². The smallest absolute Gasteiger partial charge is 0.454 e. The van der Waals surface area contributed by atoms with Crippen LogP contribution >= 0.6 is 0 Å². The molecule has 0 spiro atoms. The van der Waals surface area contributed by atoms with E-state index in [4.69, 9.17) is 0 Å². The van der Waals surface area contributed by atoms with Crippen LogP contribution in [0.15, 0.2) is 0 Å². The number of halogens is 17. The average molecular weight is 499 g/mol. The first-order chi connectivity index (χ1) is 12.0. The van der Waals surface area contributed by atoms with Crippen molar-refractivity contribution in [2.75, 3.05) is 0 Å². The third-order valence-electron chi connectivity index (χ3n) is 3.30. The Morgan fingerprint density at radius 2 is 0.759 bits per heavy atom. The molecule has 21 heteroatoms. The first-order valence-corrected chi connectivity index (χ1v) is 7.08. The standard InChI is InChI=1S/C8HF17O3S/c9-2(5(15,16)17,6(18,19)20)1(4(12,13)14,3(10,11)7(21,22)23)8(24,25)29(26,27)28/h(H,26,27,28)/p-1. The highest BCUT2D eigenvalue weighted by atomic mass is 32.2. The molecule has 1 unspecified atom stereocenters. The molecule has 0 aromatic heterocycles. The molecular weight excluding hydrogens is 499 g/mol. The van der Waals surface area contributed by atoms with Crippen LogP contribution in [0.2, 0.25) is 0 Å². The number of rotatable bonds is 4. The molecule has 0 N–H and O–H groups in total. The predicted octanol–water partition coefficient (Wildman–Crippen LogP) is 4.70. The molecule has 0 fully saturated rings. The number of hydrogen-bond acceptors (Lipinski definition) is 3. The largest absolute Gasteiger partial charge is 0.743 e. The van der Waals surface area contributed by atoms with Crippen LogP contribution in [-0.2, 0) is 10.1 Å². The summed E-state index contributed by atoms with van der Waals surface area (Å²) in [5.74, 6) is -9.20. The van der Waals surface area contributed by atoms with Gasteiger partial charge in [0.1, 0.15) is 0 Å². The van der Waals surface area contributed by atoms with E-state index in [1.54, 1.807) is 0 Å². The molecule has 0 aliphatic heterocycles. The molecule has 0 rings (SSSR count). The van der Waals surface area contributed by atoms with Crippen molar-refractivity contribution in [3.63, 3.8) is 0 Å². The highest BCUT2D eigenvalue weighted by Crippen LogP contribution is 2.74. The molecule has 0 aliphatic carbocycles. The highest BCUT2D eigenvalue weighted by molar-refractivity contribution is 7.86. The van der Waals surface area contributed by atoms with Crippen LogP contribution in [0.5, 0.6) is 0 Å². The third-order valence-corrected chi connectivity index (χ3v) is 4.23. The Morgan fingerprint density at radius 1 is 0.483 bits per heavy atom. The van der Waals surface area contributed by atoms with E-state index in [0.29, 0.717) is 0 Å². The minimum Gasteiger partial charge on any atom is -0.743 e. The van der Waals surface area contributed by atoms with Crippen molar-refractivity contribution in [2.45, 2.75) is 41.6 Å². The second-order valence-corrected chi connectivity index (χ2v) is 6.37. The summed E-state index contributed by atoms with van der Waals surface area (Å²) in [6.45, 7) is 0. The molecule has 0 aromatic rings. The quantitative estimate of drug-likeness (QED) is 0.417. The summed E-state index contributed by atoms with van der Waals surface area (Å²) < 4.78 is 249. The molecular formula is C8F17O3S-. The summed E-state index contributed by atoms with van der Waals surface area (Å²) in [5.41, 5.74) is -19.0. The molecule has 0 aliphatic rings. The topological polar surface area (TPSA) is 57.2 Å². The second kappa shape index (κ2) is 6.36. The normalized spacial score (nSPS) is 18.6. The third kappa shape index (κ3) is 3.26. The molecule has 0 aromatic carbocycles. The summed E-state index contributed by atoms with van der Waals surface area (Å²) in [4.78, 5) is 0. The van der Waals surface area contributed by atoms with E-state index in [-0.39, 0.29) is 0 Å². The lowest BCUT2D eigenvalue weighted by Crippen LogP contribution is -2.83. The highest BCUT2D eigenvalue weighted by Gasteiger charge is 3.04. The summed E-state index contributed by atoms with van der Waals surface area (Å²) in [6.07, 6.45) is -35.0. The van der Waals surface area contributed by atoms with Crippen molar-refractivity contribution in [1.82, 2.24) is 0 Å². The maximum atomic E-state index is 13.8. The van der Waals surface area contributed by atoms with Crippen molar-refractivity contribution in [2.24, 2.45) is 5.41 Å². The molecule has 0 saturated heterocycles. The molecule has 0 heterocycles. The van der Waals surface area contributed by atoms with Crippen LogP contribution < -0.4 is 0 Å². The lowest BCUT2D eigenvalue weighted by molar-refractivity contribution is -0.501. The van der Waals surface area contributed by atoms with E-state index in [9.17, 15) is 87.6 Å². The molecule has 176 valence electrons. The van der Waals surface area contributed by atoms with Crippen molar-refractivity contribution in [3.8, 4) is 0 Å². The molecule has 3 nitrogen and oxygen atoms in total. The lowest BCUT2D eigenvalue weighted by atomic mass is 9.65. The molecule has 0 amide bonds. The van der Waals surface area contributed by atoms with Gasteiger partial charge in [-0.3, -0.25) is 0 Å².